The zero-order valence-electron chi connectivity index (χ0n) is 11.6. The Morgan fingerprint density at radius 1 is 1.45 bits per heavy atom. The predicted molar refractivity (Wildman–Crippen MR) is 79.2 cm³/mol. The molecule has 0 heterocycles. The molecule has 0 saturated heterocycles. The van der Waals surface area contributed by atoms with Crippen molar-refractivity contribution >= 4 is 28.3 Å². The van der Waals surface area contributed by atoms with Gasteiger partial charge in [-0.05, 0) is 25.7 Å². The van der Waals surface area contributed by atoms with E-state index in [2.05, 4.69) is 10.0 Å². The van der Waals surface area contributed by atoms with Crippen molar-refractivity contribution in [2.75, 3.05) is 32.1 Å². The molecule has 0 spiro atoms. The van der Waals surface area contributed by atoms with Crippen LogP contribution >= 0.6 is 12.4 Å². The molecule has 0 radical (unpaired) electrons. The Hall–Kier alpha value is -0.410. The summed E-state index contributed by atoms with van der Waals surface area (Å²) >= 11 is 0. The molecule has 1 unspecified atom stereocenters. The van der Waals surface area contributed by atoms with E-state index in [4.69, 9.17) is 10.5 Å². The molecule has 1 aliphatic rings. The molecule has 7 nitrogen and oxygen atoms in total. The van der Waals surface area contributed by atoms with Crippen molar-refractivity contribution < 1.29 is 17.9 Å². The average molecular weight is 330 g/mol. The molecule has 0 aromatic rings. The highest BCUT2D eigenvalue weighted by molar-refractivity contribution is 7.89. The van der Waals surface area contributed by atoms with E-state index >= 15 is 0 Å². The van der Waals surface area contributed by atoms with Crippen LogP contribution in [0.1, 0.15) is 19.8 Å². The molecule has 0 aromatic carbocycles. The number of nitrogens with one attached hydrogen (secondary N) is 2. The lowest BCUT2D eigenvalue weighted by Crippen LogP contribution is -2.46. The van der Waals surface area contributed by atoms with E-state index in [0.29, 0.717) is 19.1 Å². The molecule has 0 aliphatic heterocycles. The minimum Gasteiger partial charge on any atom is -0.381 e. The molecule has 1 amide bonds. The third-order valence-electron chi connectivity index (χ3n) is 2.94. The van der Waals surface area contributed by atoms with Gasteiger partial charge in [0, 0.05) is 19.2 Å². The second kappa shape index (κ2) is 9.51. The van der Waals surface area contributed by atoms with Gasteiger partial charge in [-0.15, -0.1) is 12.4 Å². The minimum atomic E-state index is -3.46. The molecular weight excluding hydrogens is 306 g/mol. The van der Waals surface area contributed by atoms with E-state index in [1.54, 1.807) is 6.92 Å². The van der Waals surface area contributed by atoms with Gasteiger partial charge in [0.25, 0.3) is 0 Å². The quantitative estimate of drug-likeness (QED) is 0.455. The Kier molecular flexibility index (Phi) is 9.32. The van der Waals surface area contributed by atoms with Crippen molar-refractivity contribution in [2.24, 2.45) is 11.7 Å². The zero-order chi connectivity index (χ0) is 14.3. The Morgan fingerprint density at radius 2 is 2.10 bits per heavy atom. The molecule has 20 heavy (non-hydrogen) atoms. The van der Waals surface area contributed by atoms with Crippen molar-refractivity contribution in [3.8, 4) is 0 Å². The number of sulfonamides is 1. The van der Waals surface area contributed by atoms with Crippen LogP contribution in [-0.2, 0) is 19.6 Å². The lowest BCUT2D eigenvalue weighted by molar-refractivity contribution is -0.120. The molecule has 1 aliphatic carbocycles. The molecular formula is C11H24ClN3O4S. The van der Waals surface area contributed by atoms with Crippen LogP contribution in [0.2, 0.25) is 0 Å². The van der Waals surface area contributed by atoms with Crippen LogP contribution in [0.5, 0.6) is 0 Å². The van der Waals surface area contributed by atoms with Crippen LogP contribution in [0.4, 0.5) is 0 Å². The number of hydrogen-bond donors (Lipinski definition) is 3. The van der Waals surface area contributed by atoms with E-state index in [1.807, 2.05) is 0 Å². The van der Waals surface area contributed by atoms with Crippen molar-refractivity contribution in [1.82, 2.24) is 10.0 Å². The molecule has 1 rings (SSSR count). The molecule has 0 aromatic heterocycles. The minimum absolute atomic E-state index is 0. The third kappa shape index (κ3) is 8.01. The van der Waals surface area contributed by atoms with Crippen molar-refractivity contribution in [3.05, 3.63) is 0 Å². The SMILES string of the molecule is CCOCCS(=O)(=O)NCC(=O)NC(CN)C1CC1.Cl. The maximum absolute atomic E-state index is 11.6. The Balaban J connectivity index is 0.00000361. The van der Waals surface area contributed by atoms with E-state index in [0.717, 1.165) is 12.8 Å². The molecule has 1 fully saturated rings. The van der Waals surface area contributed by atoms with Crippen molar-refractivity contribution in [2.45, 2.75) is 25.8 Å². The summed E-state index contributed by atoms with van der Waals surface area (Å²) in [5.41, 5.74) is 5.56. The van der Waals surface area contributed by atoms with Crippen LogP contribution < -0.4 is 15.8 Å². The van der Waals surface area contributed by atoms with Crippen LogP contribution in [0.3, 0.4) is 0 Å². The number of rotatable bonds is 10. The van der Waals surface area contributed by atoms with Crippen LogP contribution in [0, 0.1) is 5.92 Å². The molecule has 1 saturated carbocycles. The van der Waals surface area contributed by atoms with Gasteiger partial charge < -0.3 is 15.8 Å². The van der Waals surface area contributed by atoms with Gasteiger partial charge >= 0.3 is 0 Å². The molecule has 0 bridgehead atoms. The van der Waals surface area contributed by atoms with Crippen LogP contribution in [0.25, 0.3) is 0 Å². The topological polar surface area (TPSA) is 111 Å². The van der Waals surface area contributed by atoms with Crippen molar-refractivity contribution in [3.63, 3.8) is 0 Å². The highest BCUT2D eigenvalue weighted by Crippen LogP contribution is 2.32. The van der Waals surface area contributed by atoms with Crippen LogP contribution in [-0.4, -0.2) is 52.4 Å². The normalized spacial score (nSPS) is 16.3. The van der Waals surface area contributed by atoms with Gasteiger partial charge in [-0.2, -0.15) is 0 Å². The average Bonchev–Trinajstić information content (AvgIpc) is 3.18. The van der Waals surface area contributed by atoms with Gasteiger partial charge in [-0.1, -0.05) is 0 Å². The first-order valence-electron chi connectivity index (χ1n) is 6.53. The maximum atomic E-state index is 11.6. The summed E-state index contributed by atoms with van der Waals surface area (Å²) in [7, 11) is -3.46. The fraction of sp³-hybridized carbons (Fsp3) is 0.909. The predicted octanol–water partition coefficient (Wildman–Crippen LogP) is -0.782. The summed E-state index contributed by atoms with van der Waals surface area (Å²) in [5, 5.41) is 2.75. The highest BCUT2D eigenvalue weighted by atomic mass is 35.5. The molecule has 4 N–H and O–H groups in total. The lowest BCUT2D eigenvalue weighted by Gasteiger charge is -2.16. The third-order valence-corrected chi connectivity index (χ3v) is 4.23. The Morgan fingerprint density at radius 3 is 2.60 bits per heavy atom. The number of halogens is 1. The summed E-state index contributed by atoms with van der Waals surface area (Å²) in [4.78, 5) is 11.6. The first-order chi connectivity index (χ1) is 8.98. The zero-order valence-corrected chi connectivity index (χ0v) is 13.3. The van der Waals surface area contributed by atoms with E-state index < -0.39 is 10.0 Å². The number of hydrogen-bond acceptors (Lipinski definition) is 5. The van der Waals surface area contributed by atoms with Crippen molar-refractivity contribution in [1.29, 1.82) is 0 Å². The lowest BCUT2D eigenvalue weighted by atomic mass is 10.2. The largest absolute Gasteiger partial charge is 0.381 e. The summed E-state index contributed by atoms with van der Waals surface area (Å²) in [5.74, 6) is -0.0392. The number of ether oxygens (including phenoxy) is 1. The summed E-state index contributed by atoms with van der Waals surface area (Å²) < 4.78 is 30.2. The van der Waals surface area contributed by atoms with Gasteiger partial charge in [-0.3, -0.25) is 4.79 Å². The van der Waals surface area contributed by atoms with Gasteiger partial charge in [0.1, 0.15) is 0 Å². The Labute approximate surface area is 126 Å². The van der Waals surface area contributed by atoms with E-state index in [-0.39, 0.29) is 43.3 Å². The second-order valence-electron chi connectivity index (χ2n) is 4.58. The van der Waals surface area contributed by atoms with E-state index in [1.165, 1.54) is 0 Å². The number of carbonyl (C=O) groups is 1. The first kappa shape index (κ1) is 19.6. The summed E-state index contributed by atoms with van der Waals surface area (Å²) in [6.45, 7) is 2.51. The summed E-state index contributed by atoms with van der Waals surface area (Å²) in [6, 6.07) is -0.0413. The maximum Gasteiger partial charge on any atom is 0.235 e. The van der Waals surface area contributed by atoms with Gasteiger partial charge in [-0.25, -0.2) is 13.1 Å². The number of nitrogens with two attached hydrogens (primary N) is 1. The van der Waals surface area contributed by atoms with Crippen LogP contribution in [0.15, 0.2) is 0 Å². The molecule has 1 atom stereocenters. The van der Waals surface area contributed by atoms with Gasteiger partial charge in [0.05, 0.1) is 18.9 Å². The first-order valence-corrected chi connectivity index (χ1v) is 8.18. The number of carbonyl (C=O) groups excluding carboxylic acids is 1. The van der Waals surface area contributed by atoms with E-state index in [9.17, 15) is 13.2 Å². The monoisotopic (exact) mass is 329 g/mol. The second-order valence-corrected chi connectivity index (χ2v) is 6.51. The summed E-state index contributed by atoms with van der Waals surface area (Å²) in [6.07, 6.45) is 2.14. The van der Waals surface area contributed by atoms with Gasteiger partial charge in [0.2, 0.25) is 15.9 Å². The fourth-order valence-corrected chi connectivity index (χ4v) is 2.52. The number of amides is 1. The smallest absolute Gasteiger partial charge is 0.235 e. The molecule has 9 heteroatoms. The Bertz CT molecular complexity index is 387. The standard InChI is InChI=1S/C11H23N3O4S.ClH/c1-2-18-5-6-19(16,17)13-8-11(15)14-10(7-12)9-3-4-9;/h9-10,13H,2-8,12H2,1H3,(H,14,15);1H. The highest BCUT2D eigenvalue weighted by Gasteiger charge is 2.31. The van der Waals surface area contributed by atoms with Gasteiger partial charge in [0.15, 0.2) is 0 Å². The fourth-order valence-electron chi connectivity index (χ4n) is 1.69. The molecule has 120 valence electrons.